The molecule has 0 aliphatic carbocycles. The number of benzene rings is 3. The third kappa shape index (κ3) is 4.12. The van der Waals surface area contributed by atoms with E-state index in [2.05, 4.69) is 10.8 Å². The van der Waals surface area contributed by atoms with Gasteiger partial charge in [-0.2, -0.15) is 5.26 Å². The van der Waals surface area contributed by atoms with E-state index < -0.39 is 18.0 Å². The number of hydrogen-bond donors (Lipinski definition) is 0. The Balaban J connectivity index is 1.76. The van der Waals surface area contributed by atoms with Crippen molar-refractivity contribution in [2.45, 2.75) is 19.2 Å². The lowest BCUT2D eigenvalue weighted by molar-refractivity contribution is -0.274. The van der Waals surface area contributed by atoms with Crippen LogP contribution in [0.5, 0.6) is 5.75 Å². The predicted octanol–water partition coefficient (Wildman–Crippen LogP) is 5.27. The summed E-state index contributed by atoms with van der Waals surface area (Å²) in [7, 11) is 0. The molecule has 8 heteroatoms. The minimum absolute atomic E-state index is 0.162. The van der Waals surface area contributed by atoms with Gasteiger partial charge in [0.05, 0.1) is 22.9 Å². The van der Waals surface area contributed by atoms with Crippen molar-refractivity contribution in [1.29, 1.82) is 5.26 Å². The van der Waals surface area contributed by atoms with Gasteiger partial charge in [-0.15, -0.1) is 13.2 Å². The molecule has 0 unspecified atom stereocenters. The number of amides is 1. The molecule has 0 atom stereocenters. The van der Waals surface area contributed by atoms with Crippen molar-refractivity contribution in [1.82, 2.24) is 5.01 Å². The van der Waals surface area contributed by atoms with Gasteiger partial charge in [0.25, 0.3) is 5.91 Å². The van der Waals surface area contributed by atoms with Gasteiger partial charge in [0.2, 0.25) is 0 Å². The molecule has 0 radical (unpaired) electrons. The van der Waals surface area contributed by atoms with E-state index in [9.17, 15) is 23.2 Å². The molecule has 5 nitrogen and oxygen atoms in total. The van der Waals surface area contributed by atoms with Crippen molar-refractivity contribution in [2.75, 3.05) is 18.1 Å². The Kier molecular flexibility index (Phi) is 5.42. The first-order valence-corrected chi connectivity index (χ1v) is 9.75. The Labute approximate surface area is 176 Å². The Morgan fingerprint density at radius 2 is 1.61 bits per heavy atom. The first-order chi connectivity index (χ1) is 14.9. The van der Waals surface area contributed by atoms with Gasteiger partial charge >= 0.3 is 6.36 Å². The number of carbonyl (C=O) groups is 1. The molecule has 1 amide bonds. The largest absolute Gasteiger partial charge is 0.573 e. The highest BCUT2D eigenvalue weighted by molar-refractivity contribution is 6.01. The third-order valence-electron chi connectivity index (χ3n) is 5.16. The highest BCUT2D eigenvalue weighted by Gasteiger charge is 2.35. The predicted molar refractivity (Wildman–Crippen MR) is 109 cm³/mol. The summed E-state index contributed by atoms with van der Waals surface area (Å²) in [6.07, 6.45) is -3.36. The van der Waals surface area contributed by atoms with E-state index in [0.717, 1.165) is 35.4 Å². The summed E-state index contributed by atoms with van der Waals surface area (Å²) in [6.45, 7) is 0.872. The minimum atomic E-state index is -4.90. The van der Waals surface area contributed by atoms with Crippen molar-refractivity contribution < 1.29 is 22.7 Å². The number of ether oxygens (including phenoxy) is 1. The molecule has 1 heterocycles. The van der Waals surface area contributed by atoms with Crippen LogP contribution in [-0.2, 0) is 0 Å². The van der Waals surface area contributed by atoms with Gasteiger partial charge in [0.1, 0.15) is 5.75 Å². The van der Waals surface area contributed by atoms with Crippen molar-refractivity contribution in [3.63, 3.8) is 0 Å². The average molecular weight is 425 g/mol. The van der Waals surface area contributed by atoms with E-state index in [1.165, 1.54) is 23.2 Å². The van der Waals surface area contributed by atoms with Crippen LogP contribution in [-0.4, -0.2) is 30.4 Å². The second-order valence-corrected chi connectivity index (χ2v) is 7.09. The Morgan fingerprint density at radius 3 is 2.35 bits per heavy atom. The monoisotopic (exact) mass is 425 g/mol. The lowest BCUT2D eigenvalue weighted by Crippen LogP contribution is -2.51. The summed E-state index contributed by atoms with van der Waals surface area (Å²) in [5.74, 6) is -1.11. The van der Waals surface area contributed by atoms with Gasteiger partial charge in [0, 0.05) is 23.9 Å². The number of hydrazine groups is 1. The van der Waals surface area contributed by atoms with Gasteiger partial charge in [-0.25, -0.2) is 5.01 Å². The molecular formula is C23H18F3N3O2. The van der Waals surface area contributed by atoms with Gasteiger partial charge in [0.15, 0.2) is 0 Å². The molecule has 0 saturated carbocycles. The Hall–Kier alpha value is -3.73. The van der Waals surface area contributed by atoms with Crippen molar-refractivity contribution >= 4 is 22.4 Å². The third-order valence-corrected chi connectivity index (χ3v) is 5.16. The number of carbonyl (C=O) groups excluding carboxylic acids is 1. The first kappa shape index (κ1) is 20.5. The second kappa shape index (κ2) is 8.19. The lowest BCUT2D eigenvalue weighted by atomic mass is 10.0. The summed E-state index contributed by atoms with van der Waals surface area (Å²) in [5, 5.41) is 14.2. The number of fused-ring (bicyclic) bond motifs is 1. The molecular weight excluding hydrogens is 407 g/mol. The molecule has 1 fully saturated rings. The molecule has 4 rings (SSSR count). The number of alkyl halides is 3. The molecule has 0 bridgehead atoms. The van der Waals surface area contributed by atoms with Crippen LogP contribution in [0.2, 0.25) is 0 Å². The van der Waals surface area contributed by atoms with E-state index in [4.69, 9.17) is 0 Å². The Bertz CT molecular complexity index is 1170. The second-order valence-electron chi connectivity index (χ2n) is 7.09. The zero-order valence-corrected chi connectivity index (χ0v) is 16.4. The maximum Gasteiger partial charge on any atom is 0.573 e. The molecule has 0 aromatic heterocycles. The minimum Gasteiger partial charge on any atom is -0.405 e. The molecule has 31 heavy (non-hydrogen) atoms. The SMILES string of the molecule is N#Cc1ccc(N2CCCCN2C(=O)c2ccccc2OC(F)(F)F)c2ccccc12. The summed E-state index contributed by atoms with van der Waals surface area (Å²) in [4.78, 5) is 13.3. The fraction of sp³-hybridized carbons (Fsp3) is 0.217. The number of hydrogen-bond acceptors (Lipinski definition) is 4. The quantitative estimate of drug-likeness (QED) is 0.574. The van der Waals surface area contributed by atoms with Gasteiger partial charge in [-0.3, -0.25) is 9.80 Å². The summed E-state index contributed by atoms with van der Waals surface area (Å²) in [5.41, 5.74) is 1.07. The maximum absolute atomic E-state index is 13.3. The average Bonchev–Trinajstić information content (AvgIpc) is 2.77. The smallest absolute Gasteiger partial charge is 0.405 e. The molecule has 3 aromatic rings. The summed E-state index contributed by atoms with van der Waals surface area (Å²) >= 11 is 0. The fourth-order valence-corrected chi connectivity index (χ4v) is 3.83. The van der Waals surface area contributed by atoms with Crippen LogP contribution in [0.1, 0.15) is 28.8 Å². The van der Waals surface area contributed by atoms with E-state index in [1.54, 1.807) is 17.1 Å². The van der Waals surface area contributed by atoms with E-state index in [0.29, 0.717) is 18.7 Å². The molecule has 1 aliphatic rings. The number of para-hydroxylation sites is 1. The highest BCUT2D eigenvalue weighted by atomic mass is 19.4. The lowest BCUT2D eigenvalue weighted by Gasteiger charge is -2.41. The molecule has 1 saturated heterocycles. The van der Waals surface area contributed by atoms with Gasteiger partial charge in [-0.1, -0.05) is 36.4 Å². The molecule has 0 N–H and O–H groups in total. The maximum atomic E-state index is 13.3. The number of nitrogens with zero attached hydrogens (tertiary/aromatic N) is 3. The number of anilines is 1. The normalized spacial score (nSPS) is 14.4. The highest BCUT2D eigenvalue weighted by Crippen LogP contribution is 2.34. The zero-order valence-electron chi connectivity index (χ0n) is 16.4. The number of nitriles is 1. The molecule has 0 spiro atoms. The first-order valence-electron chi connectivity index (χ1n) is 9.75. The van der Waals surface area contributed by atoms with Crippen molar-refractivity contribution in [2.24, 2.45) is 0 Å². The van der Waals surface area contributed by atoms with Crippen LogP contribution in [0.3, 0.4) is 0 Å². The zero-order chi connectivity index (χ0) is 22.0. The van der Waals surface area contributed by atoms with E-state index >= 15 is 0 Å². The van der Waals surface area contributed by atoms with Crippen LogP contribution in [0, 0.1) is 11.3 Å². The van der Waals surface area contributed by atoms with Crippen molar-refractivity contribution in [3.8, 4) is 11.8 Å². The van der Waals surface area contributed by atoms with E-state index in [1.807, 2.05) is 24.3 Å². The van der Waals surface area contributed by atoms with Crippen LogP contribution in [0.15, 0.2) is 60.7 Å². The molecule has 158 valence electrons. The number of rotatable bonds is 3. The summed E-state index contributed by atoms with van der Waals surface area (Å²) in [6, 6.07) is 18.3. The van der Waals surface area contributed by atoms with Crippen LogP contribution in [0.4, 0.5) is 18.9 Å². The van der Waals surface area contributed by atoms with Crippen LogP contribution < -0.4 is 9.75 Å². The van der Waals surface area contributed by atoms with Gasteiger partial charge in [-0.05, 0) is 37.1 Å². The van der Waals surface area contributed by atoms with Crippen LogP contribution in [0.25, 0.3) is 10.8 Å². The topological polar surface area (TPSA) is 56.6 Å². The van der Waals surface area contributed by atoms with E-state index in [-0.39, 0.29) is 5.56 Å². The Morgan fingerprint density at radius 1 is 0.935 bits per heavy atom. The standard InChI is InChI=1S/C23H18F3N3O2/c24-23(25,26)31-21-10-4-3-9-19(21)22(30)29-14-6-5-13-28(29)20-12-11-16(15-27)17-7-1-2-8-18(17)20/h1-4,7-12H,5-6,13-14H2. The fourth-order valence-electron chi connectivity index (χ4n) is 3.83. The van der Waals surface area contributed by atoms with Crippen LogP contribution >= 0.6 is 0 Å². The summed E-state index contributed by atoms with van der Waals surface area (Å²) < 4.78 is 42.6. The molecule has 3 aromatic carbocycles. The van der Waals surface area contributed by atoms with Crippen molar-refractivity contribution in [3.05, 3.63) is 71.8 Å². The van der Waals surface area contributed by atoms with Gasteiger partial charge < -0.3 is 4.74 Å². The molecule has 1 aliphatic heterocycles. The number of halogens is 3.